The molecule has 5 heteroatoms. The lowest BCUT2D eigenvalue weighted by atomic mass is 9.85. The molecule has 1 aromatic heterocycles. The van der Waals surface area contributed by atoms with Gasteiger partial charge in [-0.05, 0) is 47.7 Å². The van der Waals surface area contributed by atoms with E-state index in [0.717, 1.165) is 30.2 Å². The Bertz CT molecular complexity index is 399. The minimum Gasteiger partial charge on any atom is -0.481 e. The van der Waals surface area contributed by atoms with E-state index < -0.39 is 5.97 Å². The Balaban J connectivity index is 1.94. The van der Waals surface area contributed by atoms with Crippen LogP contribution in [-0.4, -0.2) is 24.2 Å². The first kappa shape index (κ1) is 12.9. The summed E-state index contributed by atoms with van der Waals surface area (Å²) >= 11 is 5.18. The summed E-state index contributed by atoms with van der Waals surface area (Å²) in [6.07, 6.45) is 3.56. The summed E-state index contributed by atoms with van der Waals surface area (Å²) in [5, 5.41) is 12.3. The van der Waals surface area contributed by atoms with E-state index in [4.69, 9.17) is 5.11 Å². The van der Waals surface area contributed by atoms with Crippen LogP contribution in [-0.2, 0) is 4.79 Å². The highest BCUT2D eigenvalue weighted by Crippen LogP contribution is 2.33. The van der Waals surface area contributed by atoms with Gasteiger partial charge in [-0.15, -0.1) is 11.3 Å². The number of aliphatic carboxylic acids is 1. The molecule has 0 saturated heterocycles. The minimum absolute atomic E-state index is 0.130. The van der Waals surface area contributed by atoms with Gasteiger partial charge in [0.25, 0.3) is 0 Å². The third-order valence-corrected chi connectivity index (χ3v) is 5.27. The molecule has 0 atom stereocenters. The Kier molecular flexibility index (Phi) is 4.09. The highest BCUT2D eigenvalue weighted by Gasteiger charge is 2.28. The van der Waals surface area contributed by atoms with Gasteiger partial charge in [0, 0.05) is 22.9 Å². The number of carboxylic acids is 1. The molecule has 1 aliphatic carbocycles. The van der Waals surface area contributed by atoms with Crippen molar-refractivity contribution in [1.82, 2.24) is 0 Å². The minimum atomic E-state index is -0.634. The summed E-state index contributed by atoms with van der Waals surface area (Å²) in [5.41, 5.74) is 0. The van der Waals surface area contributed by atoms with Gasteiger partial charge in [0.1, 0.15) is 0 Å². The number of rotatable bonds is 3. The van der Waals surface area contributed by atoms with Crippen molar-refractivity contribution < 1.29 is 9.90 Å². The lowest BCUT2D eigenvalue weighted by molar-refractivity contribution is -0.142. The van der Waals surface area contributed by atoms with Gasteiger partial charge in [-0.2, -0.15) is 0 Å². The monoisotopic (exact) mass is 317 g/mol. The fourth-order valence-corrected chi connectivity index (χ4v) is 3.84. The predicted molar refractivity (Wildman–Crippen MR) is 73.8 cm³/mol. The second-order valence-corrected chi connectivity index (χ2v) is 6.36. The van der Waals surface area contributed by atoms with Gasteiger partial charge in [0.05, 0.1) is 10.9 Å². The van der Waals surface area contributed by atoms with Gasteiger partial charge >= 0.3 is 5.97 Å². The van der Waals surface area contributed by atoms with E-state index in [-0.39, 0.29) is 5.92 Å². The normalized spacial score (nSPS) is 24.6. The smallest absolute Gasteiger partial charge is 0.306 e. The van der Waals surface area contributed by atoms with E-state index in [1.165, 1.54) is 5.00 Å². The maximum atomic E-state index is 10.9. The van der Waals surface area contributed by atoms with Gasteiger partial charge in [-0.25, -0.2) is 0 Å². The Morgan fingerprint density at radius 2 is 2.12 bits per heavy atom. The second kappa shape index (κ2) is 5.40. The molecule has 0 amide bonds. The summed E-state index contributed by atoms with van der Waals surface area (Å²) in [5.74, 6) is -0.764. The van der Waals surface area contributed by atoms with Crippen molar-refractivity contribution in [1.29, 1.82) is 0 Å². The van der Waals surface area contributed by atoms with Crippen LogP contribution in [0.15, 0.2) is 15.9 Å². The molecule has 17 heavy (non-hydrogen) atoms. The summed E-state index contributed by atoms with van der Waals surface area (Å²) in [6, 6.07) is 2.60. The fraction of sp³-hybridized carbons (Fsp3) is 0.583. The van der Waals surface area contributed by atoms with Crippen LogP contribution in [0.3, 0.4) is 0 Å². The van der Waals surface area contributed by atoms with E-state index in [1.54, 1.807) is 11.3 Å². The van der Waals surface area contributed by atoms with E-state index in [1.807, 2.05) is 0 Å². The van der Waals surface area contributed by atoms with Crippen LogP contribution in [0.2, 0.25) is 0 Å². The van der Waals surface area contributed by atoms with E-state index >= 15 is 0 Å². The molecular weight excluding hydrogens is 302 g/mol. The largest absolute Gasteiger partial charge is 0.481 e. The number of halogens is 1. The van der Waals surface area contributed by atoms with Gasteiger partial charge in [-0.1, -0.05) is 0 Å². The fourth-order valence-electron chi connectivity index (χ4n) is 2.38. The van der Waals surface area contributed by atoms with Crippen LogP contribution in [0.5, 0.6) is 0 Å². The standard InChI is InChI=1S/C12H16BrNO2S/c1-14(11-6-9(13)7-17-11)10-4-2-8(3-5-10)12(15)16/h6-8,10H,2-5H2,1H3,(H,15,16). The number of hydrogen-bond donors (Lipinski definition) is 1. The molecule has 0 unspecified atom stereocenters. The van der Waals surface area contributed by atoms with E-state index in [0.29, 0.717) is 6.04 Å². The first-order chi connectivity index (χ1) is 8.08. The lowest BCUT2D eigenvalue weighted by Gasteiger charge is -2.33. The average molecular weight is 318 g/mol. The highest BCUT2D eigenvalue weighted by atomic mass is 79.9. The Morgan fingerprint density at radius 1 is 1.47 bits per heavy atom. The molecule has 0 radical (unpaired) electrons. The summed E-state index contributed by atoms with van der Waals surface area (Å²) in [7, 11) is 2.10. The van der Waals surface area contributed by atoms with E-state index in [9.17, 15) is 4.79 Å². The zero-order valence-corrected chi connectivity index (χ0v) is 12.1. The predicted octanol–water partition coefficient (Wildman–Crippen LogP) is 3.59. The third-order valence-electron chi connectivity index (χ3n) is 3.49. The molecule has 2 rings (SSSR count). The van der Waals surface area contributed by atoms with Gasteiger partial charge in [0.2, 0.25) is 0 Å². The molecule has 1 saturated carbocycles. The van der Waals surface area contributed by atoms with Crippen molar-refractivity contribution in [2.75, 3.05) is 11.9 Å². The number of carbonyl (C=O) groups is 1. The number of carboxylic acid groups (broad SMARTS) is 1. The van der Waals surface area contributed by atoms with E-state index in [2.05, 4.69) is 39.3 Å². The van der Waals surface area contributed by atoms with Crippen LogP contribution < -0.4 is 4.90 Å². The molecule has 1 fully saturated rings. The van der Waals surface area contributed by atoms with Crippen LogP contribution in [0.1, 0.15) is 25.7 Å². The second-order valence-electron chi connectivity index (χ2n) is 4.56. The molecule has 1 heterocycles. The van der Waals surface area contributed by atoms with Crippen molar-refractivity contribution in [2.45, 2.75) is 31.7 Å². The van der Waals surface area contributed by atoms with Crippen molar-refractivity contribution in [3.05, 3.63) is 15.9 Å². The Morgan fingerprint density at radius 3 is 2.59 bits per heavy atom. The Labute approximate surface area is 114 Å². The van der Waals surface area contributed by atoms with Crippen LogP contribution in [0.25, 0.3) is 0 Å². The van der Waals surface area contributed by atoms with Crippen molar-refractivity contribution >= 4 is 38.2 Å². The SMILES string of the molecule is CN(c1cc(Br)cs1)C1CCC(C(=O)O)CC1. The number of anilines is 1. The number of hydrogen-bond acceptors (Lipinski definition) is 3. The molecular formula is C12H16BrNO2S. The maximum absolute atomic E-state index is 10.9. The molecule has 1 aromatic rings. The number of nitrogens with zero attached hydrogens (tertiary/aromatic N) is 1. The van der Waals surface area contributed by atoms with Crippen LogP contribution >= 0.6 is 27.3 Å². The highest BCUT2D eigenvalue weighted by molar-refractivity contribution is 9.10. The first-order valence-corrected chi connectivity index (χ1v) is 7.45. The molecule has 0 aliphatic heterocycles. The zero-order valence-electron chi connectivity index (χ0n) is 9.73. The summed E-state index contributed by atoms with van der Waals surface area (Å²) in [6.45, 7) is 0. The molecule has 0 bridgehead atoms. The molecule has 94 valence electrons. The average Bonchev–Trinajstić information content (AvgIpc) is 2.75. The Hall–Kier alpha value is -0.550. The molecule has 0 spiro atoms. The van der Waals surface area contributed by atoms with Crippen LogP contribution in [0.4, 0.5) is 5.00 Å². The van der Waals surface area contributed by atoms with Gasteiger partial charge < -0.3 is 10.0 Å². The van der Waals surface area contributed by atoms with Gasteiger partial charge in [-0.3, -0.25) is 4.79 Å². The molecule has 0 aromatic carbocycles. The quantitative estimate of drug-likeness (QED) is 0.926. The van der Waals surface area contributed by atoms with Crippen molar-refractivity contribution in [2.24, 2.45) is 5.92 Å². The van der Waals surface area contributed by atoms with Crippen molar-refractivity contribution in [3.8, 4) is 0 Å². The zero-order chi connectivity index (χ0) is 12.4. The molecule has 1 N–H and O–H groups in total. The third kappa shape index (κ3) is 3.01. The lowest BCUT2D eigenvalue weighted by Crippen LogP contribution is -2.36. The van der Waals surface area contributed by atoms with Gasteiger partial charge in [0.15, 0.2) is 0 Å². The topological polar surface area (TPSA) is 40.5 Å². The number of thiophene rings is 1. The maximum Gasteiger partial charge on any atom is 0.306 e. The van der Waals surface area contributed by atoms with Crippen LogP contribution in [0, 0.1) is 5.92 Å². The summed E-state index contributed by atoms with van der Waals surface area (Å²) < 4.78 is 1.11. The first-order valence-electron chi connectivity index (χ1n) is 5.77. The van der Waals surface area contributed by atoms with Crippen molar-refractivity contribution in [3.63, 3.8) is 0 Å². The molecule has 3 nitrogen and oxygen atoms in total. The molecule has 1 aliphatic rings. The summed E-state index contributed by atoms with van der Waals surface area (Å²) in [4.78, 5) is 13.2.